The van der Waals surface area contributed by atoms with E-state index in [1.165, 1.54) is 38.5 Å². The summed E-state index contributed by atoms with van der Waals surface area (Å²) in [6, 6.07) is 0. The highest BCUT2D eigenvalue weighted by atomic mass is 16.7. The summed E-state index contributed by atoms with van der Waals surface area (Å²) in [5.74, 6) is 3.72. The van der Waals surface area contributed by atoms with Crippen LogP contribution in [-0.4, -0.2) is 30.2 Å². The molecule has 164 valence electrons. The molecule has 29 heavy (non-hydrogen) atoms. The minimum atomic E-state index is -0.105. The Morgan fingerprint density at radius 1 is 1.17 bits per heavy atom. The Bertz CT molecular complexity index is 658. The summed E-state index contributed by atoms with van der Waals surface area (Å²) >= 11 is 0. The van der Waals surface area contributed by atoms with Crippen molar-refractivity contribution in [3.8, 4) is 0 Å². The predicted octanol–water partition coefficient (Wildman–Crippen LogP) is 5.71. The molecule has 3 heteroatoms. The van der Waals surface area contributed by atoms with Crippen LogP contribution in [0.1, 0.15) is 85.5 Å². The molecule has 0 spiro atoms. The molecule has 10 atom stereocenters. The van der Waals surface area contributed by atoms with Crippen molar-refractivity contribution in [1.29, 1.82) is 0 Å². The Morgan fingerprint density at radius 3 is 2.79 bits per heavy atom. The first-order valence-electron chi connectivity index (χ1n) is 12.5. The zero-order chi connectivity index (χ0) is 20.4. The summed E-state index contributed by atoms with van der Waals surface area (Å²) in [6.45, 7) is 10.5. The molecule has 0 aromatic carbocycles. The van der Waals surface area contributed by atoms with Crippen LogP contribution in [0.3, 0.4) is 0 Å². The minimum Gasteiger partial charge on any atom is -0.393 e. The molecular formula is C26H42O3. The van der Waals surface area contributed by atoms with E-state index in [1.807, 2.05) is 0 Å². The Labute approximate surface area is 177 Å². The van der Waals surface area contributed by atoms with Crippen molar-refractivity contribution in [2.75, 3.05) is 6.61 Å². The third kappa shape index (κ3) is 3.17. The third-order valence-electron chi connectivity index (χ3n) is 10.3. The number of aliphatic hydroxyl groups excluding tert-OH is 1. The van der Waals surface area contributed by atoms with Gasteiger partial charge in [0.1, 0.15) is 0 Å². The monoisotopic (exact) mass is 402 g/mol. The van der Waals surface area contributed by atoms with E-state index in [4.69, 9.17) is 9.47 Å². The summed E-state index contributed by atoms with van der Waals surface area (Å²) in [6.07, 6.45) is 13.5. The first kappa shape index (κ1) is 20.5. The molecule has 4 aliphatic carbocycles. The van der Waals surface area contributed by atoms with Gasteiger partial charge in [0, 0.05) is 6.42 Å². The first-order valence-corrected chi connectivity index (χ1v) is 12.5. The average Bonchev–Trinajstić information content (AvgIpc) is 3.23. The van der Waals surface area contributed by atoms with Gasteiger partial charge in [-0.1, -0.05) is 45.8 Å². The molecule has 1 saturated heterocycles. The molecule has 3 nitrogen and oxygen atoms in total. The Hall–Kier alpha value is -0.380. The maximum absolute atomic E-state index is 10.2. The number of allylic oxidation sites excluding steroid dienone is 1. The topological polar surface area (TPSA) is 38.7 Å². The van der Waals surface area contributed by atoms with Gasteiger partial charge in [-0.25, -0.2) is 0 Å². The van der Waals surface area contributed by atoms with Crippen molar-refractivity contribution in [1.82, 2.24) is 0 Å². The van der Waals surface area contributed by atoms with Crippen LogP contribution >= 0.6 is 0 Å². The van der Waals surface area contributed by atoms with Gasteiger partial charge in [0.25, 0.3) is 0 Å². The third-order valence-corrected chi connectivity index (χ3v) is 10.3. The van der Waals surface area contributed by atoms with Crippen LogP contribution in [0.5, 0.6) is 0 Å². The molecular weight excluding hydrogens is 360 g/mol. The van der Waals surface area contributed by atoms with Crippen molar-refractivity contribution in [3.05, 3.63) is 11.6 Å². The lowest BCUT2D eigenvalue weighted by Crippen LogP contribution is -2.50. The molecule has 3 saturated carbocycles. The summed E-state index contributed by atoms with van der Waals surface area (Å²) < 4.78 is 12.7. The maximum atomic E-state index is 10.2. The second kappa shape index (κ2) is 7.35. The van der Waals surface area contributed by atoms with Crippen LogP contribution in [-0.2, 0) is 9.47 Å². The Kier molecular flexibility index (Phi) is 5.20. The maximum Gasteiger partial charge on any atom is 0.158 e. The lowest BCUT2D eigenvalue weighted by Gasteiger charge is -2.58. The molecule has 5 rings (SSSR count). The number of ether oxygens (including phenoxy) is 2. The molecule has 0 aromatic rings. The predicted molar refractivity (Wildman–Crippen MR) is 115 cm³/mol. The molecule has 5 aliphatic rings. The molecule has 0 amide bonds. The van der Waals surface area contributed by atoms with E-state index in [9.17, 15) is 5.11 Å². The fourth-order valence-corrected chi connectivity index (χ4v) is 8.26. The standard InChI is InChI=1S/C26H42O3/c1-5-16(2)15-28-24-14-22-23(29-24)13-21-19-7-6-17-12-18(27)8-10-25(17,3)20(19)9-11-26(21,22)4/h6,16,18-24,27H,5,7-15H2,1-4H3/t16-,18?,19?,20?,21?,22-,23-,24?,25?,26?/m0/s1. The normalized spacial score (nSPS) is 52.2. The number of aliphatic hydroxyl groups is 1. The SMILES string of the molecule is CC[C@H](C)COC1C[C@H]2[C@H](CC3C4CC=C5CC(O)CCC5(C)C4CCC32C)O1. The fourth-order valence-electron chi connectivity index (χ4n) is 8.26. The second-order valence-electron chi connectivity index (χ2n) is 11.7. The molecule has 0 bridgehead atoms. The van der Waals surface area contributed by atoms with Crippen molar-refractivity contribution in [3.63, 3.8) is 0 Å². The van der Waals surface area contributed by atoms with Crippen molar-refractivity contribution >= 4 is 0 Å². The van der Waals surface area contributed by atoms with Crippen molar-refractivity contribution in [2.45, 2.75) is 104 Å². The van der Waals surface area contributed by atoms with Gasteiger partial charge in [-0.3, -0.25) is 0 Å². The summed E-state index contributed by atoms with van der Waals surface area (Å²) in [7, 11) is 0. The zero-order valence-electron chi connectivity index (χ0n) is 19.0. The van der Waals surface area contributed by atoms with Crippen LogP contribution in [0, 0.1) is 40.4 Å². The van der Waals surface area contributed by atoms with Gasteiger partial charge in [-0.05, 0) is 85.4 Å². The highest BCUT2D eigenvalue weighted by molar-refractivity contribution is 5.25. The van der Waals surface area contributed by atoms with Gasteiger partial charge in [-0.15, -0.1) is 0 Å². The van der Waals surface area contributed by atoms with Crippen LogP contribution in [0.2, 0.25) is 0 Å². The fraction of sp³-hybridized carbons (Fsp3) is 0.923. The van der Waals surface area contributed by atoms with E-state index in [-0.39, 0.29) is 12.4 Å². The molecule has 7 unspecified atom stereocenters. The zero-order valence-corrected chi connectivity index (χ0v) is 19.0. The molecule has 1 heterocycles. The summed E-state index contributed by atoms with van der Waals surface area (Å²) in [4.78, 5) is 0. The molecule has 1 aliphatic heterocycles. The van der Waals surface area contributed by atoms with E-state index in [2.05, 4.69) is 33.8 Å². The van der Waals surface area contributed by atoms with E-state index in [0.29, 0.717) is 28.8 Å². The largest absolute Gasteiger partial charge is 0.393 e. The van der Waals surface area contributed by atoms with Crippen LogP contribution in [0.4, 0.5) is 0 Å². The van der Waals surface area contributed by atoms with Crippen LogP contribution in [0.15, 0.2) is 11.6 Å². The summed E-state index contributed by atoms with van der Waals surface area (Å²) in [5, 5.41) is 10.2. The lowest BCUT2D eigenvalue weighted by molar-refractivity contribution is -0.144. The number of hydrogen-bond acceptors (Lipinski definition) is 3. The molecule has 0 aromatic heterocycles. The number of fused-ring (bicyclic) bond motifs is 7. The lowest BCUT2D eigenvalue weighted by atomic mass is 9.47. The van der Waals surface area contributed by atoms with Gasteiger partial charge in [0.15, 0.2) is 6.29 Å². The molecule has 0 radical (unpaired) electrons. The number of hydrogen-bond donors (Lipinski definition) is 1. The van der Waals surface area contributed by atoms with E-state index >= 15 is 0 Å². The van der Waals surface area contributed by atoms with Gasteiger partial charge in [0.05, 0.1) is 18.8 Å². The first-order chi connectivity index (χ1) is 13.8. The Morgan fingerprint density at radius 2 is 2.00 bits per heavy atom. The highest BCUT2D eigenvalue weighted by Gasteiger charge is 2.63. The van der Waals surface area contributed by atoms with E-state index in [0.717, 1.165) is 43.6 Å². The van der Waals surface area contributed by atoms with E-state index < -0.39 is 0 Å². The highest BCUT2D eigenvalue weighted by Crippen LogP contribution is 2.68. The molecule has 4 fully saturated rings. The smallest absolute Gasteiger partial charge is 0.158 e. The van der Waals surface area contributed by atoms with Crippen molar-refractivity contribution < 1.29 is 14.6 Å². The van der Waals surface area contributed by atoms with Crippen LogP contribution < -0.4 is 0 Å². The second-order valence-corrected chi connectivity index (χ2v) is 11.7. The van der Waals surface area contributed by atoms with Gasteiger partial charge in [0.2, 0.25) is 0 Å². The van der Waals surface area contributed by atoms with Crippen molar-refractivity contribution in [2.24, 2.45) is 40.4 Å². The minimum absolute atomic E-state index is 0.0321. The van der Waals surface area contributed by atoms with Gasteiger partial charge < -0.3 is 14.6 Å². The molecule has 1 N–H and O–H groups in total. The Balaban J connectivity index is 1.31. The van der Waals surface area contributed by atoms with Gasteiger partial charge in [-0.2, -0.15) is 0 Å². The van der Waals surface area contributed by atoms with E-state index in [1.54, 1.807) is 5.57 Å². The van der Waals surface area contributed by atoms with Crippen LogP contribution in [0.25, 0.3) is 0 Å². The van der Waals surface area contributed by atoms with Gasteiger partial charge >= 0.3 is 0 Å². The average molecular weight is 403 g/mol. The quantitative estimate of drug-likeness (QED) is 0.612. The summed E-state index contributed by atoms with van der Waals surface area (Å²) in [5.41, 5.74) is 2.34. The number of rotatable bonds is 4.